The highest BCUT2D eigenvalue weighted by atomic mass is 32.3. The lowest BCUT2D eigenvalue weighted by Gasteiger charge is -2.55. The van der Waals surface area contributed by atoms with E-state index in [4.69, 9.17) is 5.14 Å². The van der Waals surface area contributed by atoms with E-state index in [1.54, 1.807) is 0 Å². The maximum Gasteiger partial charge on any atom is 0.0454 e. The normalized spacial score (nSPS) is 40.8. The molecule has 2 aliphatic rings. The van der Waals surface area contributed by atoms with Crippen LogP contribution in [0.1, 0.15) is 39.0 Å². The third kappa shape index (κ3) is 2.03. The molecule has 84 valence electrons. The highest BCUT2D eigenvalue weighted by Crippen LogP contribution is 2.51. The van der Waals surface area contributed by atoms with E-state index in [-0.39, 0.29) is 9.52 Å². The summed E-state index contributed by atoms with van der Waals surface area (Å²) in [4.78, 5) is 0. The third-order valence-electron chi connectivity index (χ3n) is 3.76. The van der Waals surface area contributed by atoms with Gasteiger partial charge in [0.05, 0.1) is 0 Å². The Labute approximate surface area is 92.0 Å². The molecule has 0 spiro atoms. The Kier molecular flexibility index (Phi) is 3.57. The summed E-state index contributed by atoms with van der Waals surface area (Å²) in [6.45, 7) is 3.50. The van der Waals surface area contributed by atoms with Crippen molar-refractivity contribution in [2.75, 3.05) is 17.3 Å². The first kappa shape index (κ1) is 11.0. The van der Waals surface area contributed by atoms with Crippen LogP contribution < -0.4 is 5.14 Å². The Bertz CT molecular complexity index is 191. The standard InChI is InChI=1S/C10H24N2SSi/c1-2-12(13(11)8-14-9-13)10-6-4-3-5-7-10/h10H,2-9,11,14H2,1H3. The van der Waals surface area contributed by atoms with Gasteiger partial charge in [-0.3, -0.25) is 9.44 Å². The lowest BCUT2D eigenvalue weighted by atomic mass is 9.95. The molecule has 0 aromatic carbocycles. The van der Waals surface area contributed by atoms with Gasteiger partial charge in [-0.15, -0.1) is 10.4 Å². The van der Waals surface area contributed by atoms with E-state index in [0.29, 0.717) is 0 Å². The average molecular weight is 232 g/mol. The van der Waals surface area contributed by atoms with E-state index >= 15 is 0 Å². The molecule has 4 heteroatoms. The summed E-state index contributed by atoms with van der Waals surface area (Å²) in [7, 11) is -0.451. The van der Waals surface area contributed by atoms with Gasteiger partial charge in [0.15, 0.2) is 0 Å². The fourth-order valence-electron chi connectivity index (χ4n) is 2.86. The summed E-state index contributed by atoms with van der Waals surface area (Å²) in [5.41, 5.74) is 0. The summed E-state index contributed by atoms with van der Waals surface area (Å²) < 4.78 is 2.71. The molecule has 2 N–H and O–H groups in total. The molecule has 2 rings (SSSR count). The first-order valence-electron chi connectivity index (χ1n) is 6.09. The van der Waals surface area contributed by atoms with Gasteiger partial charge in [0.25, 0.3) is 0 Å². The maximum absolute atomic E-state index is 6.53. The monoisotopic (exact) mass is 232 g/mol. The third-order valence-corrected chi connectivity index (χ3v) is 13.2. The molecule has 1 saturated carbocycles. The van der Waals surface area contributed by atoms with Crippen LogP contribution in [0.15, 0.2) is 0 Å². The number of hydrogen-bond acceptors (Lipinski definition) is 2. The molecule has 0 radical (unpaired) electrons. The summed E-state index contributed by atoms with van der Waals surface area (Å²) in [6, 6.07) is 0.850. The minimum absolute atomic E-state index is 0.283. The van der Waals surface area contributed by atoms with Gasteiger partial charge in [-0.2, -0.15) is 0 Å². The minimum atomic E-state index is -0.734. The molecular weight excluding hydrogens is 208 g/mol. The highest BCUT2D eigenvalue weighted by molar-refractivity contribution is 8.34. The molecule has 2 fully saturated rings. The number of nitrogens with two attached hydrogens (primary N) is 1. The summed E-state index contributed by atoms with van der Waals surface area (Å²) in [5, 5.41) is 9.42. The molecule has 1 aliphatic heterocycles. The van der Waals surface area contributed by atoms with Crippen LogP contribution in [0.25, 0.3) is 0 Å². The lowest BCUT2D eigenvalue weighted by molar-refractivity contribution is 0.274. The van der Waals surface area contributed by atoms with Crippen LogP contribution >= 0.6 is 10.4 Å². The van der Waals surface area contributed by atoms with E-state index in [0.717, 1.165) is 6.04 Å². The predicted octanol–water partition coefficient (Wildman–Crippen LogP) is 1.33. The first-order valence-corrected chi connectivity index (χ1v) is 10.1. The number of hydrogen-bond donors (Lipinski definition) is 1. The van der Waals surface area contributed by atoms with Crippen LogP contribution in [-0.4, -0.2) is 37.2 Å². The van der Waals surface area contributed by atoms with Gasteiger partial charge in [-0.05, 0) is 23.6 Å². The van der Waals surface area contributed by atoms with Crippen LogP contribution in [0.5, 0.6) is 0 Å². The largest absolute Gasteiger partial charge is 0.284 e. The molecule has 14 heavy (non-hydrogen) atoms. The summed E-state index contributed by atoms with van der Waals surface area (Å²) in [5.74, 6) is 0. The second-order valence-corrected chi connectivity index (χ2v) is 10.9. The average Bonchev–Trinajstić information content (AvgIpc) is 2.18. The summed E-state index contributed by atoms with van der Waals surface area (Å²) in [6.07, 6.45) is 7.17. The van der Waals surface area contributed by atoms with Gasteiger partial charge >= 0.3 is 0 Å². The molecule has 0 aromatic heterocycles. The van der Waals surface area contributed by atoms with E-state index < -0.39 is 10.4 Å². The van der Waals surface area contributed by atoms with Gasteiger partial charge in [0.2, 0.25) is 0 Å². The Morgan fingerprint density at radius 2 is 1.93 bits per heavy atom. The number of rotatable bonds is 3. The smallest absolute Gasteiger partial charge is 0.0454 e. The van der Waals surface area contributed by atoms with Crippen LogP contribution in [0.2, 0.25) is 0 Å². The Morgan fingerprint density at radius 3 is 2.36 bits per heavy atom. The zero-order chi connectivity index (χ0) is 10.0. The van der Waals surface area contributed by atoms with Crippen LogP contribution in [0.3, 0.4) is 0 Å². The van der Waals surface area contributed by atoms with Crippen LogP contribution in [0.4, 0.5) is 0 Å². The van der Waals surface area contributed by atoms with E-state index in [9.17, 15) is 0 Å². The number of nitrogens with zero attached hydrogens (tertiary/aromatic N) is 1. The molecule has 1 aliphatic carbocycles. The zero-order valence-electron chi connectivity index (χ0n) is 9.37. The van der Waals surface area contributed by atoms with E-state index in [1.807, 2.05) is 0 Å². The lowest BCUT2D eigenvalue weighted by Crippen LogP contribution is -2.52. The molecule has 1 saturated heterocycles. The predicted molar refractivity (Wildman–Crippen MR) is 69.3 cm³/mol. The van der Waals surface area contributed by atoms with Crippen molar-refractivity contribution in [3.05, 3.63) is 0 Å². The van der Waals surface area contributed by atoms with Crippen molar-refractivity contribution in [2.24, 2.45) is 5.14 Å². The first-order chi connectivity index (χ1) is 6.76. The maximum atomic E-state index is 6.53. The SMILES string of the molecule is CCN(C1CCCCC1)S1(N)C[SiH2]C1. The second-order valence-electron chi connectivity index (χ2n) is 4.69. The van der Waals surface area contributed by atoms with Crippen molar-refractivity contribution in [1.82, 2.24) is 4.31 Å². The van der Waals surface area contributed by atoms with Crippen molar-refractivity contribution in [1.29, 1.82) is 0 Å². The van der Waals surface area contributed by atoms with Crippen molar-refractivity contribution >= 4 is 19.9 Å². The molecule has 0 atom stereocenters. The van der Waals surface area contributed by atoms with Gasteiger partial charge in [0.1, 0.15) is 0 Å². The van der Waals surface area contributed by atoms with Gasteiger partial charge in [-0.1, -0.05) is 26.2 Å². The van der Waals surface area contributed by atoms with Crippen molar-refractivity contribution < 1.29 is 0 Å². The van der Waals surface area contributed by atoms with Gasteiger partial charge in [-0.25, -0.2) is 0 Å². The quantitative estimate of drug-likeness (QED) is 0.744. The molecule has 0 amide bonds. The molecule has 0 bridgehead atoms. The van der Waals surface area contributed by atoms with E-state index in [1.165, 1.54) is 49.4 Å². The fraction of sp³-hybridized carbons (Fsp3) is 1.00. The molecule has 2 nitrogen and oxygen atoms in total. The topological polar surface area (TPSA) is 29.3 Å². The Balaban J connectivity index is 1.96. The second kappa shape index (κ2) is 4.55. The molecule has 0 aromatic rings. The van der Waals surface area contributed by atoms with Crippen molar-refractivity contribution in [3.8, 4) is 0 Å². The Morgan fingerprint density at radius 1 is 1.29 bits per heavy atom. The van der Waals surface area contributed by atoms with E-state index in [2.05, 4.69) is 11.2 Å². The molecule has 0 unspecified atom stereocenters. The van der Waals surface area contributed by atoms with Gasteiger partial charge < -0.3 is 0 Å². The fourth-order valence-corrected chi connectivity index (χ4v) is 9.57. The van der Waals surface area contributed by atoms with Crippen LogP contribution in [-0.2, 0) is 0 Å². The van der Waals surface area contributed by atoms with Gasteiger partial charge in [0, 0.05) is 22.1 Å². The van der Waals surface area contributed by atoms with Crippen LogP contribution in [0, 0.1) is 0 Å². The zero-order valence-corrected chi connectivity index (χ0v) is 11.6. The molecule has 1 heterocycles. The Hall–Kier alpha value is 0.487. The molecular formula is C10H24N2SSi. The highest BCUT2D eigenvalue weighted by Gasteiger charge is 2.37. The summed E-state index contributed by atoms with van der Waals surface area (Å²) >= 11 is 0. The van der Waals surface area contributed by atoms with Crippen molar-refractivity contribution in [3.63, 3.8) is 0 Å². The van der Waals surface area contributed by atoms with Crippen molar-refractivity contribution in [2.45, 2.75) is 45.1 Å². The minimum Gasteiger partial charge on any atom is -0.284 e.